The molecule has 1 heterocycles. The number of rotatable bonds is 3. The molecule has 0 aliphatic carbocycles. The van der Waals surface area contributed by atoms with E-state index in [0.717, 1.165) is 4.88 Å². The topological polar surface area (TPSA) is 43.1 Å². The lowest BCUT2D eigenvalue weighted by molar-refractivity contribution is -0.425. The molecule has 0 saturated heterocycles. The largest absolute Gasteiger partial charge is 0.259 e. The molecule has 70 valence electrons. The maximum absolute atomic E-state index is 10.5. The van der Waals surface area contributed by atoms with Crippen molar-refractivity contribution in [3.05, 3.63) is 37.2 Å². The molecule has 0 fully saturated rings. The van der Waals surface area contributed by atoms with Crippen LogP contribution >= 0.6 is 22.9 Å². The van der Waals surface area contributed by atoms with Crippen molar-refractivity contribution in [2.75, 3.05) is 0 Å². The fourth-order valence-corrected chi connectivity index (χ4v) is 1.88. The van der Waals surface area contributed by atoms with E-state index in [0.29, 0.717) is 10.8 Å². The average molecular weight is 218 g/mol. The zero-order chi connectivity index (χ0) is 9.84. The van der Waals surface area contributed by atoms with Crippen molar-refractivity contribution in [3.63, 3.8) is 0 Å². The molecule has 0 amide bonds. The first-order chi connectivity index (χ1) is 6.13. The third kappa shape index (κ3) is 2.82. The second-order valence-electron chi connectivity index (χ2n) is 2.39. The molecule has 5 heteroatoms. The predicted octanol–water partition coefficient (Wildman–Crippen LogP) is 3.43. The molecule has 0 aliphatic rings. The molecule has 3 nitrogen and oxygen atoms in total. The van der Waals surface area contributed by atoms with Crippen molar-refractivity contribution in [3.8, 4) is 0 Å². The molecule has 1 aromatic rings. The molecule has 0 aliphatic heterocycles. The van der Waals surface area contributed by atoms with E-state index in [4.69, 9.17) is 11.6 Å². The summed E-state index contributed by atoms with van der Waals surface area (Å²) in [5, 5.41) is 10.5. The van der Waals surface area contributed by atoms with Crippen molar-refractivity contribution in [2.45, 2.75) is 13.3 Å². The van der Waals surface area contributed by atoms with Gasteiger partial charge in [0.25, 0.3) is 0 Å². The Morgan fingerprint density at radius 1 is 1.77 bits per heavy atom. The Morgan fingerprint density at radius 3 is 2.85 bits per heavy atom. The van der Waals surface area contributed by atoms with Crippen molar-refractivity contribution >= 4 is 29.0 Å². The van der Waals surface area contributed by atoms with E-state index in [1.807, 2.05) is 0 Å². The van der Waals surface area contributed by atoms with Crippen LogP contribution in [0.15, 0.2) is 17.8 Å². The SMILES string of the molecule is CCC(=Cc1ccc(Cl)s1)[N+](=O)[O-]. The van der Waals surface area contributed by atoms with Crippen LogP contribution in [0.4, 0.5) is 0 Å². The lowest BCUT2D eigenvalue weighted by Gasteiger charge is -1.91. The summed E-state index contributed by atoms with van der Waals surface area (Å²) in [5.41, 5.74) is 0.207. The minimum absolute atomic E-state index is 0.207. The maximum atomic E-state index is 10.5. The summed E-state index contributed by atoms with van der Waals surface area (Å²) in [4.78, 5) is 10.9. The van der Waals surface area contributed by atoms with E-state index in [1.165, 1.54) is 11.3 Å². The van der Waals surface area contributed by atoms with E-state index in [-0.39, 0.29) is 10.6 Å². The van der Waals surface area contributed by atoms with Crippen LogP contribution in [0.1, 0.15) is 18.2 Å². The summed E-state index contributed by atoms with van der Waals surface area (Å²) in [6.45, 7) is 1.75. The highest BCUT2D eigenvalue weighted by atomic mass is 35.5. The lowest BCUT2D eigenvalue weighted by Crippen LogP contribution is -1.95. The number of nitro groups is 1. The maximum Gasteiger partial charge on any atom is 0.247 e. The average Bonchev–Trinajstić information content (AvgIpc) is 2.46. The van der Waals surface area contributed by atoms with Gasteiger partial charge in [0, 0.05) is 17.4 Å². The standard InChI is InChI=1S/C8H8ClNO2S/c1-2-6(10(11)12)5-7-3-4-8(9)13-7/h3-5H,2H2,1H3. The van der Waals surface area contributed by atoms with Crippen molar-refractivity contribution < 1.29 is 4.92 Å². The van der Waals surface area contributed by atoms with Crippen LogP contribution in [0.25, 0.3) is 6.08 Å². The van der Waals surface area contributed by atoms with Gasteiger partial charge in [-0.3, -0.25) is 10.1 Å². The number of hydrogen-bond acceptors (Lipinski definition) is 3. The number of thiophene rings is 1. The molecule has 0 bridgehead atoms. The van der Waals surface area contributed by atoms with E-state index >= 15 is 0 Å². The summed E-state index contributed by atoms with van der Waals surface area (Å²) in [5.74, 6) is 0. The van der Waals surface area contributed by atoms with Crippen molar-refractivity contribution in [1.29, 1.82) is 0 Å². The number of halogens is 1. The highest BCUT2D eigenvalue weighted by Crippen LogP contribution is 2.24. The number of nitrogens with zero attached hydrogens (tertiary/aromatic N) is 1. The number of hydrogen-bond donors (Lipinski definition) is 0. The van der Waals surface area contributed by atoms with Gasteiger partial charge in [0.2, 0.25) is 5.70 Å². The first kappa shape index (κ1) is 10.2. The Balaban J connectivity index is 2.91. The van der Waals surface area contributed by atoms with E-state index in [9.17, 15) is 10.1 Å². The van der Waals surface area contributed by atoms with E-state index in [2.05, 4.69) is 0 Å². The first-order valence-corrected chi connectivity index (χ1v) is 4.93. The second kappa shape index (κ2) is 4.39. The van der Waals surface area contributed by atoms with E-state index < -0.39 is 0 Å². The molecular weight excluding hydrogens is 210 g/mol. The zero-order valence-electron chi connectivity index (χ0n) is 6.99. The summed E-state index contributed by atoms with van der Waals surface area (Å²) >= 11 is 7.02. The molecule has 1 aromatic heterocycles. The third-order valence-corrected chi connectivity index (χ3v) is 2.68. The second-order valence-corrected chi connectivity index (χ2v) is 4.13. The molecule has 0 N–H and O–H groups in total. The minimum Gasteiger partial charge on any atom is -0.259 e. The van der Waals surface area contributed by atoms with Crippen molar-refractivity contribution in [2.24, 2.45) is 0 Å². The van der Waals surface area contributed by atoms with Crippen molar-refractivity contribution in [1.82, 2.24) is 0 Å². The Bertz CT molecular complexity index is 346. The van der Waals surface area contributed by atoms with Gasteiger partial charge in [-0.1, -0.05) is 18.5 Å². The van der Waals surface area contributed by atoms with Crippen LogP contribution in [-0.2, 0) is 0 Å². The zero-order valence-corrected chi connectivity index (χ0v) is 8.56. The predicted molar refractivity (Wildman–Crippen MR) is 54.6 cm³/mol. The van der Waals surface area contributed by atoms with Crippen LogP contribution < -0.4 is 0 Å². The molecule has 1 rings (SSSR count). The highest BCUT2D eigenvalue weighted by molar-refractivity contribution is 7.17. The van der Waals surface area contributed by atoms with E-state index in [1.54, 1.807) is 25.1 Å². The summed E-state index contributed by atoms with van der Waals surface area (Å²) in [6.07, 6.45) is 1.97. The van der Waals surface area contributed by atoms with Gasteiger partial charge in [0.15, 0.2) is 0 Å². The summed E-state index contributed by atoms with van der Waals surface area (Å²) < 4.78 is 0.644. The fourth-order valence-electron chi connectivity index (χ4n) is 0.854. The van der Waals surface area contributed by atoms with Crippen LogP contribution in [0, 0.1) is 10.1 Å². The fraction of sp³-hybridized carbons (Fsp3) is 0.250. The Hall–Kier alpha value is -0.870. The van der Waals surface area contributed by atoms with Gasteiger partial charge in [-0.2, -0.15) is 0 Å². The quantitative estimate of drug-likeness (QED) is 0.575. The molecule has 0 radical (unpaired) electrons. The van der Waals surface area contributed by atoms with Gasteiger partial charge in [-0.05, 0) is 12.1 Å². The molecular formula is C8H8ClNO2S. The van der Waals surface area contributed by atoms with Gasteiger partial charge in [-0.25, -0.2) is 0 Å². The summed E-state index contributed by atoms with van der Waals surface area (Å²) in [6, 6.07) is 3.50. The van der Waals surface area contributed by atoms with Gasteiger partial charge in [0.05, 0.1) is 9.26 Å². The lowest BCUT2D eigenvalue weighted by atomic mass is 10.3. The van der Waals surface area contributed by atoms with Crippen LogP contribution in [0.5, 0.6) is 0 Å². The first-order valence-electron chi connectivity index (χ1n) is 3.73. The Morgan fingerprint density at radius 2 is 2.46 bits per heavy atom. The Labute approximate surface area is 84.8 Å². The van der Waals surface area contributed by atoms with Crippen LogP contribution in [0.2, 0.25) is 4.34 Å². The molecule has 0 saturated carbocycles. The van der Waals surface area contributed by atoms with Gasteiger partial charge in [-0.15, -0.1) is 11.3 Å². The van der Waals surface area contributed by atoms with Gasteiger partial charge in [0.1, 0.15) is 0 Å². The normalized spacial score (nSPS) is 11.7. The smallest absolute Gasteiger partial charge is 0.247 e. The molecule has 0 unspecified atom stereocenters. The highest BCUT2D eigenvalue weighted by Gasteiger charge is 2.07. The van der Waals surface area contributed by atoms with Gasteiger partial charge < -0.3 is 0 Å². The van der Waals surface area contributed by atoms with Crippen LogP contribution in [0.3, 0.4) is 0 Å². The molecule has 0 spiro atoms. The third-order valence-electron chi connectivity index (χ3n) is 1.50. The Kier molecular flexibility index (Phi) is 3.45. The monoisotopic (exact) mass is 217 g/mol. The minimum atomic E-state index is -0.367. The van der Waals surface area contributed by atoms with Gasteiger partial charge >= 0.3 is 0 Å². The number of allylic oxidation sites excluding steroid dienone is 1. The molecule has 0 aromatic carbocycles. The molecule has 13 heavy (non-hydrogen) atoms. The molecule has 0 atom stereocenters. The summed E-state index contributed by atoms with van der Waals surface area (Å²) in [7, 11) is 0. The van der Waals surface area contributed by atoms with Crippen LogP contribution in [-0.4, -0.2) is 4.92 Å².